The number of hydrogen-bond donors (Lipinski definition) is 1. The van der Waals surface area contributed by atoms with Gasteiger partial charge in [0.1, 0.15) is 0 Å². The average molecular weight is 286 g/mol. The highest BCUT2D eigenvalue weighted by molar-refractivity contribution is 5.56. The Morgan fingerprint density at radius 2 is 1.90 bits per heavy atom. The van der Waals surface area contributed by atoms with Crippen molar-refractivity contribution in [1.29, 1.82) is 0 Å². The monoisotopic (exact) mass is 286 g/mol. The van der Waals surface area contributed by atoms with E-state index in [1.165, 1.54) is 6.07 Å². The zero-order valence-electron chi connectivity index (χ0n) is 11.7. The molecule has 1 aliphatic heterocycles. The van der Waals surface area contributed by atoms with E-state index in [1.807, 2.05) is 4.90 Å². The van der Waals surface area contributed by atoms with Crippen LogP contribution < -0.4 is 10.6 Å². The molecular weight excluding hydrogens is 265 g/mol. The molecule has 2 rings (SSSR count). The van der Waals surface area contributed by atoms with Crippen LogP contribution >= 0.6 is 0 Å². The average Bonchev–Trinajstić information content (AvgIpc) is 2.39. The fraction of sp³-hybridized carbons (Fsp3) is 0.600. The number of nitrogens with zero attached hydrogens (tertiary/aromatic N) is 1. The molecule has 1 saturated heterocycles. The molecular formula is C15H21F3N2. The number of nitrogens with two attached hydrogens (primary N) is 1. The number of hydrogen-bond acceptors (Lipinski definition) is 2. The first-order chi connectivity index (χ1) is 9.41. The molecule has 112 valence electrons. The van der Waals surface area contributed by atoms with Gasteiger partial charge in [0, 0.05) is 18.8 Å². The van der Waals surface area contributed by atoms with Crippen LogP contribution in [0.2, 0.25) is 0 Å². The maximum absolute atomic E-state index is 13.2. The Bertz CT molecular complexity index is 449. The van der Waals surface area contributed by atoms with E-state index in [2.05, 4.69) is 6.92 Å². The minimum atomic E-state index is -4.32. The van der Waals surface area contributed by atoms with Gasteiger partial charge in [0.15, 0.2) is 0 Å². The van der Waals surface area contributed by atoms with Gasteiger partial charge in [0.05, 0.1) is 5.56 Å². The van der Waals surface area contributed by atoms with Crippen LogP contribution in [0.3, 0.4) is 0 Å². The molecule has 0 saturated carbocycles. The minimum Gasteiger partial charge on any atom is -0.371 e. The van der Waals surface area contributed by atoms with E-state index in [4.69, 9.17) is 5.73 Å². The molecule has 0 bridgehead atoms. The third kappa shape index (κ3) is 3.45. The van der Waals surface area contributed by atoms with Crippen LogP contribution in [0.15, 0.2) is 18.2 Å². The van der Waals surface area contributed by atoms with Crippen molar-refractivity contribution in [2.45, 2.75) is 32.4 Å². The largest absolute Gasteiger partial charge is 0.418 e. The Balaban J connectivity index is 2.31. The molecule has 1 heterocycles. The minimum absolute atomic E-state index is 0.310. The highest BCUT2D eigenvalue weighted by Crippen LogP contribution is 2.38. The lowest BCUT2D eigenvalue weighted by Gasteiger charge is -2.34. The molecule has 2 nitrogen and oxygen atoms in total. The predicted octanol–water partition coefficient (Wildman–Crippen LogP) is 3.44. The maximum atomic E-state index is 13.2. The predicted molar refractivity (Wildman–Crippen MR) is 74.8 cm³/mol. The topological polar surface area (TPSA) is 29.3 Å². The standard InChI is InChI=1S/C15H21F3N2/c1-11-5-8-20(9-6-11)14-3-2-12(4-7-19)10-13(14)15(16,17)18/h2-3,10-11H,4-9,19H2,1H3. The summed E-state index contributed by atoms with van der Waals surface area (Å²) in [6.07, 6.45) is -1.95. The number of piperidine rings is 1. The maximum Gasteiger partial charge on any atom is 0.418 e. The van der Waals surface area contributed by atoms with Crippen molar-refractivity contribution in [2.24, 2.45) is 11.7 Å². The van der Waals surface area contributed by atoms with E-state index in [1.54, 1.807) is 12.1 Å². The second-order valence-electron chi connectivity index (χ2n) is 5.56. The summed E-state index contributed by atoms with van der Waals surface area (Å²) in [7, 11) is 0. The zero-order chi connectivity index (χ0) is 14.8. The van der Waals surface area contributed by atoms with Crippen LogP contribution in [0, 0.1) is 5.92 Å². The molecule has 0 aromatic heterocycles. The lowest BCUT2D eigenvalue weighted by atomic mass is 9.97. The third-order valence-corrected chi connectivity index (χ3v) is 3.92. The van der Waals surface area contributed by atoms with Gasteiger partial charge in [0.25, 0.3) is 0 Å². The number of rotatable bonds is 3. The lowest BCUT2D eigenvalue weighted by molar-refractivity contribution is -0.137. The quantitative estimate of drug-likeness (QED) is 0.922. The van der Waals surface area contributed by atoms with Gasteiger partial charge in [-0.15, -0.1) is 0 Å². The first kappa shape index (κ1) is 15.2. The van der Waals surface area contributed by atoms with Crippen LogP contribution in [0.4, 0.5) is 18.9 Å². The van der Waals surface area contributed by atoms with Gasteiger partial charge >= 0.3 is 6.18 Å². The van der Waals surface area contributed by atoms with E-state index in [9.17, 15) is 13.2 Å². The molecule has 0 unspecified atom stereocenters. The molecule has 2 N–H and O–H groups in total. The summed E-state index contributed by atoms with van der Waals surface area (Å²) in [4.78, 5) is 1.86. The molecule has 0 spiro atoms. The summed E-state index contributed by atoms with van der Waals surface area (Å²) in [6.45, 7) is 3.89. The van der Waals surface area contributed by atoms with Gasteiger partial charge < -0.3 is 10.6 Å². The summed E-state index contributed by atoms with van der Waals surface area (Å²) >= 11 is 0. The van der Waals surface area contributed by atoms with Crippen LogP contribution in [0.25, 0.3) is 0 Å². The molecule has 1 aromatic rings. The van der Waals surface area contributed by atoms with Crippen molar-refractivity contribution in [3.8, 4) is 0 Å². The first-order valence-corrected chi connectivity index (χ1v) is 7.07. The Morgan fingerprint density at radius 1 is 1.25 bits per heavy atom. The van der Waals surface area contributed by atoms with Gasteiger partial charge in [-0.1, -0.05) is 13.0 Å². The van der Waals surface area contributed by atoms with E-state index in [0.717, 1.165) is 12.8 Å². The van der Waals surface area contributed by atoms with E-state index >= 15 is 0 Å². The van der Waals surface area contributed by atoms with E-state index < -0.39 is 11.7 Å². The molecule has 20 heavy (non-hydrogen) atoms. The molecule has 1 aromatic carbocycles. The molecule has 0 aliphatic carbocycles. The highest BCUT2D eigenvalue weighted by Gasteiger charge is 2.35. The van der Waals surface area contributed by atoms with Crippen LogP contribution in [0.5, 0.6) is 0 Å². The summed E-state index contributed by atoms with van der Waals surface area (Å²) in [5.74, 6) is 0.595. The SMILES string of the molecule is CC1CCN(c2ccc(CCN)cc2C(F)(F)F)CC1. The summed E-state index contributed by atoms with van der Waals surface area (Å²) in [5.41, 5.74) is 5.85. The van der Waals surface area contributed by atoms with E-state index in [0.29, 0.717) is 43.2 Å². The second-order valence-corrected chi connectivity index (χ2v) is 5.56. The fourth-order valence-corrected chi connectivity index (χ4v) is 2.66. The molecule has 0 amide bonds. The fourth-order valence-electron chi connectivity index (χ4n) is 2.66. The second kappa shape index (κ2) is 6.04. The molecule has 1 aliphatic rings. The number of benzene rings is 1. The Hall–Kier alpha value is -1.23. The van der Waals surface area contributed by atoms with E-state index in [-0.39, 0.29) is 0 Å². The Labute approximate surface area is 117 Å². The molecule has 5 heteroatoms. The van der Waals surface area contributed by atoms with Crippen LogP contribution in [-0.2, 0) is 12.6 Å². The molecule has 0 radical (unpaired) electrons. The van der Waals surface area contributed by atoms with Gasteiger partial charge in [-0.05, 0) is 49.4 Å². The van der Waals surface area contributed by atoms with Crippen molar-refractivity contribution >= 4 is 5.69 Å². The summed E-state index contributed by atoms with van der Waals surface area (Å²) in [5, 5.41) is 0. The van der Waals surface area contributed by atoms with Crippen LogP contribution in [0.1, 0.15) is 30.9 Å². The van der Waals surface area contributed by atoms with Crippen molar-refractivity contribution in [1.82, 2.24) is 0 Å². The van der Waals surface area contributed by atoms with Crippen molar-refractivity contribution < 1.29 is 13.2 Å². The number of anilines is 1. The zero-order valence-corrected chi connectivity index (χ0v) is 11.7. The number of alkyl halides is 3. The summed E-state index contributed by atoms with van der Waals surface area (Å²) < 4.78 is 39.7. The molecule has 1 fully saturated rings. The van der Waals surface area contributed by atoms with Crippen molar-refractivity contribution in [3.63, 3.8) is 0 Å². The van der Waals surface area contributed by atoms with Gasteiger partial charge in [-0.3, -0.25) is 0 Å². The van der Waals surface area contributed by atoms with Gasteiger partial charge in [-0.2, -0.15) is 13.2 Å². The first-order valence-electron chi connectivity index (χ1n) is 7.07. The Morgan fingerprint density at radius 3 is 2.45 bits per heavy atom. The smallest absolute Gasteiger partial charge is 0.371 e. The van der Waals surface area contributed by atoms with Gasteiger partial charge in [-0.25, -0.2) is 0 Å². The Kier molecular flexibility index (Phi) is 4.58. The van der Waals surface area contributed by atoms with Crippen molar-refractivity contribution in [3.05, 3.63) is 29.3 Å². The lowest BCUT2D eigenvalue weighted by Crippen LogP contribution is -2.34. The third-order valence-electron chi connectivity index (χ3n) is 3.92. The van der Waals surface area contributed by atoms with Crippen molar-refractivity contribution in [2.75, 3.05) is 24.5 Å². The van der Waals surface area contributed by atoms with Gasteiger partial charge in [0.2, 0.25) is 0 Å². The van der Waals surface area contributed by atoms with Crippen LogP contribution in [-0.4, -0.2) is 19.6 Å². The highest BCUT2D eigenvalue weighted by atomic mass is 19.4. The normalized spacial score (nSPS) is 17.6. The summed E-state index contributed by atoms with van der Waals surface area (Å²) in [6, 6.07) is 4.61. The molecule has 0 atom stereocenters. The number of halogens is 3.